The predicted molar refractivity (Wildman–Crippen MR) is 105 cm³/mol. The first kappa shape index (κ1) is 20.1. The minimum absolute atomic E-state index is 0.0644. The zero-order valence-corrected chi connectivity index (χ0v) is 16.6. The third-order valence-corrected chi connectivity index (χ3v) is 6.07. The highest BCUT2D eigenvalue weighted by Crippen LogP contribution is 2.44. The molecule has 3 amide bonds. The smallest absolute Gasteiger partial charge is 0.252 e. The molecule has 0 bridgehead atoms. The predicted octanol–water partition coefficient (Wildman–Crippen LogP) is 0.910. The number of benzene rings is 1. The second kappa shape index (κ2) is 8.14. The van der Waals surface area contributed by atoms with Crippen LogP contribution < -0.4 is 5.32 Å². The molecule has 2 aliphatic heterocycles. The summed E-state index contributed by atoms with van der Waals surface area (Å²) in [6.45, 7) is 0.971. The van der Waals surface area contributed by atoms with Gasteiger partial charge in [0.2, 0.25) is 11.8 Å². The van der Waals surface area contributed by atoms with Crippen molar-refractivity contribution in [3.05, 3.63) is 42.0 Å². The average Bonchev–Trinajstić information content (AvgIpc) is 2.94. The number of methoxy groups -OCH3 is 1. The summed E-state index contributed by atoms with van der Waals surface area (Å²) >= 11 is 0. The number of carbonyl (C=O) groups is 3. The molecule has 2 fully saturated rings. The van der Waals surface area contributed by atoms with E-state index in [-0.39, 0.29) is 17.7 Å². The minimum atomic E-state index is -0.787. The number of hydrogen-bond acceptors (Lipinski definition) is 4. The summed E-state index contributed by atoms with van der Waals surface area (Å²) in [6.07, 6.45) is 3.66. The summed E-state index contributed by atoms with van der Waals surface area (Å²) in [6, 6.07) is 9.65. The minimum Gasteiger partial charge on any atom is -0.371 e. The molecule has 1 N–H and O–H groups in total. The molecule has 1 aromatic carbocycles. The van der Waals surface area contributed by atoms with Gasteiger partial charge in [0.1, 0.15) is 6.10 Å². The van der Waals surface area contributed by atoms with Gasteiger partial charge in [-0.15, -0.1) is 0 Å². The van der Waals surface area contributed by atoms with Crippen LogP contribution in [0.2, 0.25) is 0 Å². The summed E-state index contributed by atoms with van der Waals surface area (Å²) in [4.78, 5) is 41.2. The molecule has 150 valence electrons. The molecule has 0 radical (unpaired) electrons. The van der Waals surface area contributed by atoms with E-state index < -0.39 is 17.6 Å². The van der Waals surface area contributed by atoms with E-state index in [1.807, 2.05) is 30.3 Å². The van der Waals surface area contributed by atoms with Crippen molar-refractivity contribution in [1.82, 2.24) is 15.1 Å². The lowest BCUT2D eigenvalue weighted by atomic mass is 9.75. The van der Waals surface area contributed by atoms with Crippen LogP contribution in [0, 0.1) is 5.92 Å². The number of likely N-dealkylation sites (N-methyl/N-ethyl adjacent to an activating group) is 1. The van der Waals surface area contributed by atoms with Gasteiger partial charge in [-0.25, -0.2) is 0 Å². The maximum atomic E-state index is 12.6. The molecule has 0 saturated carbocycles. The lowest BCUT2D eigenvalue weighted by Crippen LogP contribution is -2.58. The Morgan fingerprint density at radius 2 is 1.86 bits per heavy atom. The summed E-state index contributed by atoms with van der Waals surface area (Å²) in [7, 11) is 4.75. The number of nitrogens with zero attached hydrogens (tertiary/aromatic N) is 2. The van der Waals surface area contributed by atoms with Gasteiger partial charge in [-0.3, -0.25) is 14.4 Å². The molecule has 7 heteroatoms. The van der Waals surface area contributed by atoms with Gasteiger partial charge in [-0.1, -0.05) is 30.3 Å². The van der Waals surface area contributed by atoms with Crippen LogP contribution in [-0.2, 0) is 19.1 Å². The molecular formula is C21H27N3O4. The highest BCUT2D eigenvalue weighted by molar-refractivity contribution is 5.95. The molecule has 2 aliphatic rings. The summed E-state index contributed by atoms with van der Waals surface area (Å²) < 4.78 is 5.38. The van der Waals surface area contributed by atoms with Gasteiger partial charge in [0.25, 0.3) is 5.91 Å². The lowest BCUT2D eigenvalue weighted by molar-refractivity contribution is -0.139. The van der Waals surface area contributed by atoms with Crippen molar-refractivity contribution in [3.8, 4) is 0 Å². The Bertz CT molecular complexity index is 769. The van der Waals surface area contributed by atoms with E-state index in [4.69, 9.17) is 4.74 Å². The topological polar surface area (TPSA) is 79.0 Å². The Hall–Kier alpha value is -2.67. The first-order valence-electron chi connectivity index (χ1n) is 9.48. The molecule has 1 spiro atoms. The SMILES string of the molecule is CNC(=O)[C@@H]1[C@@H](OC)C(=O)N(C)C12CCN(C(=O)/C=C/c1ccccc1)CC2. The number of ether oxygens (including phenoxy) is 1. The van der Waals surface area contributed by atoms with Gasteiger partial charge in [0, 0.05) is 40.4 Å². The number of nitrogens with one attached hydrogen (secondary N) is 1. The number of amides is 3. The molecule has 0 unspecified atom stereocenters. The molecule has 1 aromatic rings. The molecule has 0 aliphatic carbocycles. The molecule has 28 heavy (non-hydrogen) atoms. The fraction of sp³-hybridized carbons (Fsp3) is 0.476. The van der Waals surface area contributed by atoms with Crippen LogP contribution in [0.4, 0.5) is 0 Å². The zero-order valence-electron chi connectivity index (χ0n) is 16.6. The maximum Gasteiger partial charge on any atom is 0.252 e. The highest BCUT2D eigenvalue weighted by atomic mass is 16.5. The van der Waals surface area contributed by atoms with Gasteiger partial charge in [-0.05, 0) is 24.5 Å². The highest BCUT2D eigenvalue weighted by Gasteiger charge is 2.60. The number of rotatable bonds is 4. The first-order chi connectivity index (χ1) is 13.4. The molecule has 2 atom stereocenters. The lowest BCUT2D eigenvalue weighted by Gasteiger charge is -2.45. The van der Waals surface area contributed by atoms with Crippen LogP contribution in [0.1, 0.15) is 18.4 Å². The van der Waals surface area contributed by atoms with Crippen molar-refractivity contribution in [2.45, 2.75) is 24.5 Å². The van der Waals surface area contributed by atoms with Crippen molar-refractivity contribution < 1.29 is 19.1 Å². The summed E-state index contributed by atoms with van der Waals surface area (Å²) in [5.41, 5.74) is 0.339. The number of likely N-dealkylation sites (tertiary alicyclic amines) is 2. The van der Waals surface area contributed by atoms with E-state index in [9.17, 15) is 14.4 Å². The Morgan fingerprint density at radius 1 is 1.21 bits per heavy atom. The van der Waals surface area contributed by atoms with E-state index >= 15 is 0 Å². The third kappa shape index (κ3) is 3.42. The number of hydrogen-bond donors (Lipinski definition) is 1. The molecule has 0 aromatic heterocycles. The molecular weight excluding hydrogens is 358 g/mol. The standard InChI is InChI=1S/C21H27N3O4/c1-22-19(26)17-18(28-3)20(27)23(2)21(17)11-13-24(14-12-21)16(25)10-9-15-7-5-4-6-8-15/h4-10,17-18H,11-14H2,1-3H3,(H,22,26)/b10-9+/t17-,18+/m0/s1. The van der Waals surface area contributed by atoms with E-state index in [1.54, 1.807) is 36.0 Å². The van der Waals surface area contributed by atoms with Gasteiger partial charge >= 0.3 is 0 Å². The van der Waals surface area contributed by atoms with Crippen LogP contribution in [0.25, 0.3) is 6.08 Å². The van der Waals surface area contributed by atoms with Crippen LogP contribution >= 0.6 is 0 Å². The quantitative estimate of drug-likeness (QED) is 0.782. The van der Waals surface area contributed by atoms with Crippen molar-refractivity contribution in [1.29, 1.82) is 0 Å². The molecule has 7 nitrogen and oxygen atoms in total. The zero-order chi connectivity index (χ0) is 20.3. The van der Waals surface area contributed by atoms with Gasteiger partial charge in [-0.2, -0.15) is 0 Å². The van der Waals surface area contributed by atoms with Crippen molar-refractivity contribution in [2.75, 3.05) is 34.3 Å². The number of carbonyl (C=O) groups excluding carboxylic acids is 3. The summed E-state index contributed by atoms with van der Waals surface area (Å²) in [5, 5.41) is 2.67. The fourth-order valence-corrected chi connectivity index (χ4v) is 4.42. The van der Waals surface area contributed by atoms with Gasteiger partial charge in [0.15, 0.2) is 0 Å². The largest absolute Gasteiger partial charge is 0.371 e. The number of piperidine rings is 1. The van der Waals surface area contributed by atoms with Gasteiger partial charge < -0.3 is 19.9 Å². The summed E-state index contributed by atoms with van der Waals surface area (Å²) in [5.74, 6) is -1.03. The Labute approximate surface area is 165 Å². The van der Waals surface area contributed by atoms with Crippen LogP contribution in [-0.4, -0.2) is 73.5 Å². The third-order valence-electron chi connectivity index (χ3n) is 6.07. The Morgan fingerprint density at radius 3 is 2.43 bits per heavy atom. The average molecular weight is 385 g/mol. The van der Waals surface area contributed by atoms with Crippen LogP contribution in [0.5, 0.6) is 0 Å². The molecule has 2 saturated heterocycles. The van der Waals surface area contributed by atoms with Crippen LogP contribution in [0.15, 0.2) is 36.4 Å². The van der Waals surface area contributed by atoms with Crippen molar-refractivity contribution >= 4 is 23.8 Å². The molecule has 3 rings (SSSR count). The normalized spacial score (nSPS) is 24.2. The van der Waals surface area contributed by atoms with Crippen molar-refractivity contribution in [2.24, 2.45) is 5.92 Å². The van der Waals surface area contributed by atoms with E-state index in [1.165, 1.54) is 7.11 Å². The van der Waals surface area contributed by atoms with E-state index in [0.29, 0.717) is 25.9 Å². The van der Waals surface area contributed by atoms with Crippen LogP contribution in [0.3, 0.4) is 0 Å². The van der Waals surface area contributed by atoms with E-state index in [2.05, 4.69) is 5.32 Å². The Balaban J connectivity index is 1.73. The van der Waals surface area contributed by atoms with Crippen molar-refractivity contribution in [3.63, 3.8) is 0 Å². The van der Waals surface area contributed by atoms with E-state index in [0.717, 1.165) is 5.56 Å². The monoisotopic (exact) mass is 385 g/mol. The fourth-order valence-electron chi connectivity index (χ4n) is 4.42. The second-order valence-electron chi connectivity index (χ2n) is 7.32. The second-order valence-corrected chi connectivity index (χ2v) is 7.32. The van der Waals surface area contributed by atoms with Gasteiger partial charge in [0.05, 0.1) is 11.5 Å². The Kier molecular flexibility index (Phi) is 5.84. The molecule has 2 heterocycles. The maximum absolute atomic E-state index is 12.6. The first-order valence-corrected chi connectivity index (χ1v) is 9.48.